The highest BCUT2D eigenvalue weighted by molar-refractivity contribution is 6.40. The van der Waals surface area contributed by atoms with Crippen LogP contribution in [0.25, 0.3) is 0 Å². The summed E-state index contributed by atoms with van der Waals surface area (Å²) in [5, 5.41) is 8.82. The fourth-order valence-electron chi connectivity index (χ4n) is 3.06. The highest BCUT2D eigenvalue weighted by atomic mass is 35.5. The number of hydrogen-bond donors (Lipinski definition) is 1. The molecule has 0 aliphatic rings. The Labute approximate surface area is 210 Å². The van der Waals surface area contributed by atoms with Crippen molar-refractivity contribution in [2.75, 3.05) is 5.32 Å². The fraction of sp³-hybridized carbons (Fsp3) is 0.130. The van der Waals surface area contributed by atoms with Gasteiger partial charge in [-0.05, 0) is 48.9 Å². The van der Waals surface area contributed by atoms with E-state index in [1.807, 2.05) is 31.2 Å². The highest BCUT2D eigenvalue weighted by Gasteiger charge is 2.16. The summed E-state index contributed by atoms with van der Waals surface area (Å²) in [5.41, 5.74) is 1.94. The zero-order valence-electron chi connectivity index (χ0n) is 17.2. The average molecular weight is 525 g/mol. The number of anilines is 1. The number of aryl methyl sites for hydroxylation is 1. The van der Waals surface area contributed by atoms with Crippen LogP contribution in [0.2, 0.25) is 20.1 Å². The van der Waals surface area contributed by atoms with Gasteiger partial charge in [0, 0.05) is 21.8 Å². The number of carbonyl (C=O) groups excluding carboxylic acids is 1. The number of furan rings is 1. The van der Waals surface area contributed by atoms with Crippen LogP contribution in [0.15, 0.2) is 59.0 Å². The van der Waals surface area contributed by atoms with E-state index in [1.165, 1.54) is 12.1 Å². The van der Waals surface area contributed by atoms with Crippen LogP contribution >= 0.6 is 46.4 Å². The molecule has 2 aromatic heterocycles. The fourth-order valence-corrected chi connectivity index (χ4v) is 4.11. The number of aromatic nitrogens is 2. The van der Waals surface area contributed by atoms with Crippen LogP contribution in [-0.4, -0.2) is 15.7 Å². The smallest absolute Gasteiger partial charge is 0.292 e. The lowest BCUT2D eigenvalue weighted by atomic mass is 10.2. The number of carbonyl (C=O) groups is 1. The summed E-state index contributed by atoms with van der Waals surface area (Å²) in [7, 11) is 0. The number of ether oxygens (including phenoxy) is 1. The molecule has 0 spiro atoms. The second kappa shape index (κ2) is 10.1. The minimum absolute atomic E-state index is 0.0309. The third-order valence-corrected chi connectivity index (χ3v) is 5.71. The maximum atomic E-state index is 12.6. The Morgan fingerprint density at radius 3 is 2.39 bits per heavy atom. The quantitative estimate of drug-likeness (QED) is 0.276. The number of nitrogens with zero attached hydrogens (tertiary/aromatic N) is 2. The van der Waals surface area contributed by atoms with Crippen LogP contribution in [-0.2, 0) is 13.2 Å². The number of halogens is 4. The molecule has 0 radical (unpaired) electrons. The number of benzene rings is 2. The molecule has 2 heterocycles. The predicted octanol–water partition coefficient (Wildman–Crippen LogP) is 7.28. The van der Waals surface area contributed by atoms with E-state index in [0.29, 0.717) is 28.2 Å². The first kappa shape index (κ1) is 23.5. The largest absolute Gasteiger partial charge is 0.483 e. The molecule has 170 valence electrons. The van der Waals surface area contributed by atoms with Crippen molar-refractivity contribution in [1.82, 2.24) is 9.78 Å². The zero-order chi connectivity index (χ0) is 23.5. The van der Waals surface area contributed by atoms with E-state index in [0.717, 1.165) is 11.3 Å². The van der Waals surface area contributed by atoms with E-state index in [4.69, 9.17) is 55.6 Å². The molecule has 0 bridgehead atoms. The molecule has 0 saturated carbocycles. The minimum Gasteiger partial charge on any atom is -0.483 e. The standard InChI is InChI=1S/C23H17Cl4N3O3/c1-13-8-21(29-30(13)11-14-2-4-15(24)5-3-14)28-23(31)20-7-6-17(33-20)12-32-22-18(26)9-16(25)10-19(22)27/h2-10H,11-12H2,1H3,(H,28,29,31). The lowest BCUT2D eigenvalue weighted by Crippen LogP contribution is -2.12. The van der Waals surface area contributed by atoms with Crippen LogP contribution in [0.5, 0.6) is 5.75 Å². The van der Waals surface area contributed by atoms with Crippen molar-refractivity contribution in [2.45, 2.75) is 20.1 Å². The third-order valence-electron chi connectivity index (χ3n) is 4.68. The summed E-state index contributed by atoms with van der Waals surface area (Å²) in [6, 6.07) is 15.5. The molecule has 10 heteroatoms. The van der Waals surface area contributed by atoms with Crippen molar-refractivity contribution in [3.8, 4) is 5.75 Å². The van der Waals surface area contributed by atoms with Crippen LogP contribution in [0, 0.1) is 6.92 Å². The van der Waals surface area contributed by atoms with Crippen LogP contribution < -0.4 is 10.1 Å². The van der Waals surface area contributed by atoms with Crippen LogP contribution in [0.4, 0.5) is 5.82 Å². The second-order valence-electron chi connectivity index (χ2n) is 7.16. The first-order chi connectivity index (χ1) is 15.8. The first-order valence-electron chi connectivity index (χ1n) is 9.75. The van der Waals surface area contributed by atoms with Gasteiger partial charge < -0.3 is 14.5 Å². The normalized spacial score (nSPS) is 10.9. The van der Waals surface area contributed by atoms with E-state index in [-0.39, 0.29) is 28.2 Å². The summed E-state index contributed by atoms with van der Waals surface area (Å²) in [5.74, 6) is 0.811. The zero-order valence-corrected chi connectivity index (χ0v) is 20.3. The summed E-state index contributed by atoms with van der Waals surface area (Å²) in [6.07, 6.45) is 0. The van der Waals surface area contributed by atoms with Crippen molar-refractivity contribution in [3.05, 3.63) is 97.5 Å². The number of hydrogen-bond acceptors (Lipinski definition) is 4. The average Bonchev–Trinajstić information content (AvgIpc) is 3.36. The van der Waals surface area contributed by atoms with Gasteiger partial charge in [-0.25, -0.2) is 0 Å². The van der Waals surface area contributed by atoms with Crippen molar-refractivity contribution in [2.24, 2.45) is 0 Å². The van der Waals surface area contributed by atoms with E-state index in [9.17, 15) is 4.79 Å². The summed E-state index contributed by atoms with van der Waals surface area (Å²) >= 11 is 24.1. The van der Waals surface area contributed by atoms with E-state index >= 15 is 0 Å². The second-order valence-corrected chi connectivity index (χ2v) is 8.85. The molecule has 1 N–H and O–H groups in total. The van der Waals surface area contributed by atoms with Crippen molar-refractivity contribution in [1.29, 1.82) is 0 Å². The SMILES string of the molecule is Cc1cc(NC(=O)c2ccc(COc3c(Cl)cc(Cl)cc3Cl)o2)nn1Cc1ccc(Cl)cc1. The Hall–Kier alpha value is -2.64. The van der Waals surface area contributed by atoms with Gasteiger partial charge in [0.1, 0.15) is 12.4 Å². The molecule has 0 saturated heterocycles. The molecule has 0 fully saturated rings. The van der Waals surface area contributed by atoms with Crippen molar-refractivity contribution < 1.29 is 13.9 Å². The van der Waals surface area contributed by atoms with E-state index in [1.54, 1.807) is 22.9 Å². The maximum Gasteiger partial charge on any atom is 0.292 e. The molecule has 4 aromatic rings. The Morgan fingerprint density at radius 2 is 1.70 bits per heavy atom. The van der Waals surface area contributed by atoms with Gasteiger partial charge in [0.25, 0.3) is 5.91 Å². The topological polar surface area (TPSA) is 69.3 Å². The van der Waals surface area contributed by atoms with Gasteiger partial charge in [0.15, 0.2) is 17.3 Å². The van der Waals surface area contributed by atoms with Crippen molar-refractivity contribution >= 4 is 58.1 Å². The summed E-state index contributed by atoms with van der Waals surface area (Å²) < 4.78 is 13.0. The van der Waals surface area contributed by atoms with Gasteiger partial charge in [0.2, 0.25) is 0 Å². The Balaban J connectivity index is 1.38. The monoisotopic (exact) mass is 523 g/mol. The minimum atomic E-state index is -0.431. The Bertz CT molecular complexity index is 1280. The first-order valence-corrected chi connectivity index (χ1v) is 11.3. The predicted molar refractivity (Wildman–Crippen MR) is 130 cm³/mol. The van der Waals surface area contributed by atoms with E-state index < -0.39 is 5.91 Å². The van der Waals surface area contributed by atoms with Gasteiger partial charge in [-0.15, -0.1) is 0 Å². The lowest BCUT2D eigenvalue weighted by Gasteiger charge is -2.09. The van der Waals surface area contributed by atoms with Crippen LogP contribution in [0.1, 0.15) is 27.6 Å². The molecule has 6 nitrogen and oxygen atoms in total. The molecule has 0 aliphatic heterocycles. The molecule has 2 aromatic carbocycles. The van der Waals surface area contributed by atoms with Crippen molar-refractivity contribution in [3.63, 3.8) is 0 Å². The van der Waals surface area contributed by atoms with E-state index in [2.05, 4.69) is 10.4 Å². The number of amides is 1. The van der Waals surface area contributed by atoms with Gasteiger partial charge in [0.05, 0.1) is 16.6 Å². The van der Waals surface area contributed by atoms with Gasteiger partial charge in [-0.2, -0.15) is 5.10 Å². The molecule has 0 unspecified atom stereocenters. The molecule has 0 atom stereocenters. The third kappa shape index (κ3) is 5.84. The molecular formula is C23H17Cl4N3O3. The lowest BCUT2D eigenvalue weighted by molar-refractivity contribution is 0.0992. The number of nitrogens with one attached hydrogen (secondary N) is 1. The summed E-state index contributed by atoms with van der Waals surface area (Å²) in [6.45, 7) is 2.49. The Kier molecular flexibility index (Phi) is 7.20. The van der Waals surface area contributed by atoms with Crippen LogP contribution in [0.3, 0.4) is 0 Å². The summed E-state index contributed by atoms with van der Waals surface area (Å²) in [4.78, 5) is 12.6. The Morgan fingerprint density at radius 1 is 1.00 bits per heavy atom. The maximum absolute atomic E-state index is 12.6. The molecule has 4 rings (SSSR count). The van der Waals surface area contributed by atoms with Gasteiger partial charge >= 0.3 is 0 Å². The highest BCUT2D eigenvalue weighted by Crippen LogP contribution is 2.36. The molecule has 33 heavy (non-hydrogen) atoms. The molecule has 1 amide bonds. The van der Waals surface area contributed by atoms with Gasteiger partial charge in [-0.1, -0.05) is 58.5 Å². The molecular weight excluding hydrogens is 508 g/mol. The molecule has 0 aliphatic carbocycles. The van der Waals surface area contributed by atoms with Gasteiger partial charge in [-0.3, -0.25) is 9.48 Å². The number of rotatable bonds is 7.